The first-order chi connectivity index (χ1) is 7.00. The minimum absolute atomic E-state index is 0.0966. The largest absolute Gasteiger partial charge is 0.491 e. The SMILES string of the molecule is CC(=O)C(=O)c1ccc(OC(C)C)cc1. The van der Waals surface area contributed by atoms with Crippen LogP contribution in [0, 0.1) is 0 Å². The van der Waals surface area contributed by atoms with Gasteiger partial charge in [-0.05, 0) is 38.1 Å². The molecule has 15 heavy (non-hydrogen) atoms. The molecule has 0 heterocycles. The van der Waals surface area contributed by atoms with Gasteiger partial charge in [-0.1, -0.05) is 0 Å². The number of hydrogen-bond donors (Lipinski definition) is 0. The van der Waals surface area contributed by atoms with Gasteiger partial charge in [0.25, 0.3) is 0 Å². The van der Waals surface area contributed by atoms with Crippen LogP contribution >= 0.6 is 0 Å². The highest BCUT2D eigenvalue weighted by Gasteiger charge is 2.10. The lowest BCUT2D eigenvalue weighted by molar-refractivity contribution is -0.113. The summed E-state index contributed by atoms with van der Waals surface area (Å²) in [7, 11) is 0. The third-order valence-electron chi connectivity index (χ3n) is 1.81. The van der Waals surface area contributed by atoms with Crippen molar-refractivity contribution in [2.75, 3.05) is 0 Å². The van der Waals surface area contributed by atoms with Gasteiger partial charge in [-0.2, -0.15) is 0 Å². The smallest absolute Gasteiger partial charge is 0.228 e. The highest BCUT2D eigenvalue weighted by molar-refractivity contribution is 6.42. The number of rotatable bonds is 4. The highest BCUT2D eigenvalue weighted by Crippen LogP contribution is 2.14. The molecule has 3 heteroatoms. The predicted octanol–water partition coefficient (Wildman–Crippen LogP) is 2.25. The number of benzene rings is 1. The Hall–Kier alpha value is -1.64. The van der Waals surface area contributed by atoms with Crippen molar-refractivity contribution in [2.45, 2.75) is 26.9 Å². The van der Waals surface area contributed by atoms with Crippen LogP contribution < -0.4 is 4.74 Å². The van der Waals surface area contributed by atoms with E-state index in [4.69, 9.17) is 4.74 Å². The van der Waals surface area contributed by atoms with Gasteiger partial charge in [0, 0.05) is 12.5 Å². The Balaban J connectivity index is 2.81. The fraction of sp³-hybridized carbons (Fsp3) is 0.333. The number of ketones is 2. The monoisotopic (exact) mass is 206 g/mol. The Labute approximate surface area is 89.1 Å². The van der Waals surface area contributed by atoms with E-state index in [0.717, 1.165) is 0 Å². The Morgan fingerprint density at radius 3 is 2.07 bits per heavy atom. The molecule has 0 bridgehead atoms. The molecule has 0 fully saturated rings. The molecule has 1 aromatic rings. The molecule has 0 N–H and O–H groups in total. The highest BCUT2D eigenvalue weighted by atomic mass is 16.5. The molecule has 0 unspecified atom stereocenters. The van der Waals surface area contributed by atoms with Crippen LogP contribution in [0.2, 0.25) is 0 Å². The first-order valence-corrected chi connectivity index (χ1v) is 4.82. The number of carbonyl (C=O) groups excluding carboxylic acids is 2. The molecule has 0 amide bonds. The van der Waals surface area contributed by atoms with Crippen molar-refractivity contribution in [1.82, 2.24) is 0 Å². The number of ether oxygens (including phenoxy) is 1. The molecule has 0 radical (unpaired) electrons. The van der Waals surface area contributed by atoms with Crippen molar-refractivity contribution < 1.29 is 14.3 Å². The van der Waals surface area contributed by atoms with E-state index in [2.05, 4.69) is 0 Å². The van der Waals surface area contributed by atoms with Crippen LogP contribution in [0.1, 0.15) is 31.1 Å². The number of Topliss-reactive ketones (excluding diaryl/α,β-unsaturated/α-hetero) is 2. The van der Waals surface area contributed by atoms with Gasteiger partial charge in [0.15, 0.2) is 5.78 Å². The van der Waals surface area contributed by atoms with Gasteiger partial charge in [-0.15, -0.1) is 0 Å². The topological polar surface area (TPSA) is 43.4 Å². The number of carbonyl (C=O) groups is 2. The van der Waals surface area contributed by atoms with E-state index < -0.39 is 11.6 Å². The predicted molar refractivity (Wildman–Crippen MR) is 57.2 cm³/mol. The van der Waals surface area contributed by atoms with Crippen molar-refractivity contribution in [1.29, 1.82) is 0 Å². The van der Waals surface area contributed by atoms with E-state index >= 15 is 0 Å². The van der Waals surface area contributed by atoms with Gasteiger partial charge in [0.1, 0.15) is 5.75 Å². The summed E-state index contributed by atoms with van der Waals surface area (Å²) in [5.74, 6) is -0.219. The first-order valence-electron chi connectivity index (χ1n) is 4.82. The van der Waals surface area contributed by atoms with Crippen molar-refractivity contribution in [3.8, 4) is 5.75 Å². The van der Waals surface area contributed by atoms with Gasteiger partial charge in [0.2, 0.25) is 5.78 Å². The maximum absolute atomic E-state index is 11.3. The van der Waals surface area contributed by atoms with E-state index in [-0.39, 0.29) is 6.10 Å². The summed E-state index contributed by atoms with van der Waals surface area (Å²) in [6.45, 7) is 5.12. The number of hydrogen-bond acceptors (Lipinski definition) is 3. The minimum Gasteiger partial charge on any atom is -0.491 e. The summed E-state index contributed by atoms with van der Waals surface area (Å²) in [6, 6.07) is 6.58. The van der Waals surface area contributed by atoms with Gasteiger partial charge in [-0.3, -0.25) is 9.59 Å². The van der Waals surface area contributed by atoms with Gasteiger partial charge < -0.3 is 4.74 Å². The lowest BCUT2D eigenvalue weighted by atomic mass is 10.1. The fourth-order valence-electron chi connectivity index (χ4n) is 1.16. The van der Waals surface area contributed by atoms with E-state index in [1.807, 2.05) is 13.8 Å². The zero-order valence-corrected chi connectivity index (χ0v) is 9.11. The summed E-state index contributed by atoms with van der Waals surface area (Å²) in [6.07, 6.45) is 0.0966. The minimum atomic E-state index is -0.467. The lowest BCUT2D eigenvalue weighted by Crippen LogP contribution is -2.10. The third-order valence-corrected chi connectivity index (χ3v) is 1.81. The molecule has 0 aromatic heterocycles. The van der Waals surface area contributed by atoms with E-state index in [9.17, 15) is 9.59 Å². The zero-order chi connectivity index (χ0) is 11.4. The van der Waals surface area contributed by atoms with Crippen molar-refractivity contribution in [3.05, 3.63) is 29.8 Å². The van der Waals surface area contributed by atoms with Crippen LogP contribution in [0.25, 0.3) is 0 Å². The summed E-state index contributed by atoms with van der Waals surface area (Å²) in [5, 5.41) is 0. The van der Waals surface area contributed by atoms with E-state index in [0.29, 0.717) is 11.3 Å². The molecule has 80 valence electrons. The molecular weight excluding hydrogens is 192 g/mol. The molecule has 1 rings (SSSR count). The second kappa shape index (κ2) is 4.73. The average molecular weight is 206 g/mol. The summed E-state index contributed by atoms with van der Waals surface area (Å²) < 4.78 is 5.41. The van der Waals surface area contributed by atoms with Crippen LogP contribution in [-0.2, 0) is 4.79 Å². The molecule has 0 atom stereocenters. The van der Waals surface area contributed by atoms with Crippen LogP contribution in [-0.4, -0.2) is 17.7 Å². The van der Waals surface area contributed by atoms with Crippen molar-refractivity contribution >= 4 is 11.6 Å². The fourth-order valence-corrected chi connectivity index (χ4v) is 1.16. The Morgan fingerprint density at radius 2 is 1.67 bits per heavy atom. The van der Waals surface area contributed by atoms with Crippen LogP contribution in [0.4, 0.5) is 0 Å². The van der Waals surface area contributed by atoms with Gasteiger partial charge in [0.05, 0.1) is 6.10 Å². The molecule has 0 aliphatic heterocycles. The van der Waals surface area contributed by atoms with Crippen LogP contribution in [0.5, 0.6) is 5.75 Å². The summed E-state index contributed by atoms with van der Waals surface area (Å²) in [4.78, 5) is 22.1. The second-order valence-electron chi connectivity index (χ2n) is 3.58. The Morgan fingerprint density at radius 1 is 1.13 bits per heavy atom. The standard InChI is InChI=1S/C12H14O3/c1-8(2)15-11-6-4-10(5-7-11)12(14)9(3)13/h4-8H,1-3H3. The quantitative estimate of drug-likeness (QED) is 0.560. The normalized spacial score (nSPS) is 10.1. The maximum atomic E-state index is 11.3. The van der Waals surface area contributed by atoms with Crippen LogP contribution in [0.15, 0.2) is 24.3 Å². The Bertz CT molecular complexity index is 363. The van der Waals surface area contributed by atoms with Crippen molar-refractivity contribution in [3.63, 3.8) is 0 Å². The molecule has 0 spiro atoms. The molecule has 0 saturated carbocycles. The Kier molecular flexibility index (Phi) is 3.61. The van der Waals surface area contributed by atoms with E-state index in [1.54, 1.807) is 24.3 Å². The molecule has 0 aliphatic rings. The summed E-state index contributed by atoms with van der Waals surface area (Å²) in [5.41, 5.74) is 0.401. The van der Waals surface area contributed by atoms with Crippen molar-refractivity contribution in [2.24, 2.45) is 0 Å². The molecule has 1 aromatic carbocycles. The van der Waals surface area contributed by atoms with E-state index in [1.165, 1.54) is 6.92 Å². The van der Waals surface area contributed by atoms with Crippen LogP contribution in [0.3, 0.4) is 0 Å². The molecule has 0 aliphatic carbocycles. The average Bonchev–Trinajstić information content (AvgIpc) is 2.17. The second-order valence-corrected chi connectivity index (χ2v) is 3.58. The molecule has 3 nitrogen and oxygen atoms in total. The molecular formula is C12H14O3. The first kappa shape index (κ1) is 11.4. The van der Waals surface area contributed by atoms with Gasteiger partial charge >= 0.3 is 0 Å². The zero-order valence-electron chi connectivity index (χ0n) is 9.11. The molecule has 0 saturated heterocycles. The lowest BCUT2D eigenvalue weighted by Gasteiger charge is -2.09. The van der Waals surface area contributed by atoms with Gasteiger partial charge in [-0.25, -0.2) is 0 Å². The maximum Gasteiger partial charge on any atom is 0.228 e. The summed E-state index contributed by atoms with van der Waals surface area (Å²) >= 11 is 0. The third kappa shape index (κ3) is 3.20.